The average molecular weight is 275 g/mol. The molecule has 4 heteroatoms. The maximum absolute atomic E-state index is 5.26. The van der Waals surface area contributed by atoms with E-state index in [9.17, 15) is 0 Å². The Morgan fingerprint density at radius 1 is 1.16 bits per heavy atom. The van der Waals surface area contributed by atoms with Crippen molar-refractivity contribution in [2.75, 3.05) is 14.2 Å². The van der Waals surface area contributed by atoms with E-state index in [4.69, 9.17) is 14.5 Å². The van der Waals surface area contributed by atoms with E-state index in [1.807, 2.05) is 5.38 Å². The Balaban J connectivity index is 1.91. The van der Waals surface area contributed by atoms with Gasteiger partial charge in [0.05, 0.1) is 0 Å². The van der Waals surface area contributed by atoms with Crippen LogP contribution in [0.5, 0.6) is 0 Å². The molecule has 1 aromatic heterocycles. The van der Waals surface area contributed by atoms with Gasteiger partial charge in [-0.05, 0) is 18.4 Å². The summed E-state index contributed by atoms with van der Waals surface area (Å²) in [7, 11) is 3.27. The highest BCUT2D eigenvalue weighted by atomic mass is 32.1. The summed E-state index contributed by atoms with van der Waals surface area (Å²) in [6.45, 7) is 0. The van der Waals surface area contributed by atoms with E-state index in [-0.39, 0.29) is 11.7 Å². The van der Waals surface area contributed by atoms with Crippen LogP contribution in [-0.2, 0) is 14.9 Å². The number of ether oxygens (including phenoxy) is 2. The Bertz CT molecular complexity index is 544. The van der Waals surface area contributed by atoms with Gasteiger partial charge in [-0.3, -0.25) is 0 Å². The second kappa shape index (κ2) is 5.04. The molecule has 0 N–H and O–H groups in total. The van der Waals surface area contributed by atoms with Crippen LogP contribution >= 0.6 is 11.3 Å². The van der Waals surface area contributed by atoms with Crippen LogP contribution < -0.4 is 0 Å². The van der Waals surface area contributed by atoms with Gasteiger partial charge in [0.15, 0.2) is 0 Å². The van der Waals surface area contributed by atoms with Crippen molar-refractivity contribution in [3.63, 3.8) is 0 Å². The van der Waals surface area contributed by atoms with Crippen molar-refractivity contribution in [2.45, 2.75) is 24.5 Å². The minimum absolute atomic E-state index is 0.135. The molecule has 19 heavy (non-hydrogen) atoms. The van der Waals surface area contributed by atoms with E-state index >= 15 is 0 Å². The molecule has 1 aromatic carbocycles. The lowest BCUT2D eigenvalue weighted by Crippen LogP contribution is -2.10. The van der Waals surface area contributed by atoms with Gasteiger partial charge in [-0.15, -0.1) is 11.3 Å². The molecule has 0 spiro atoms. The van der Waals surface area contributed by atoms with Crippen LogP contribution in [-0.4, -0.2) is 19.2 Å². The smallest absolute Gasteiger partial charge is 0.201 e. The van der Waals surface area contributed by atoms with Gasteiger partial charge in [0.2, 0.25) is 6.29 Å². The number of hydrogen-bond acceptors (Lipinski definition) is 4. The second-order valence-corrected chi connectivity index (χ2v) is 5.69. The van der Waals surface area contributed by atoms with Gasteiger partial charge in [-0.25, -0.2) is 4.98 Å². The molecule has 2 aromatic rings. The number of methoxy groups -OCH3 is 2. The first-order valence-corrected chi connectivity index (χ1v) is 7.25. The maximum Gasteiger partial charge on any atom is 0.201 e. The Labute approximate surface area is 117 Å². The Kier molecular flexibility index (Phi) is 3.39. The van der Waals surface area contributed by atoms with Gasteiger partial charge in [0.25, 0.3) is 0 Å². The van der Waals surface area contributed by atoms with Gasteiger partial charge >= 0.3 is 0 Å². The van der Waals surface area contributed by atoms with Crippen molar-refractivity contribution in [1.29, 1.82) is 0 Å². The highest BCUT2D eigenvalue weighted by Crippen LogP contribution is 2.54. The first kappa shape index (κ1) is 12.8. The zero-order chi connectivity index (χ0) is 13.3. The largest absolute Gasteiger partial charge is 0.350 e. The highest BCUT2D eigenvalue weighted by molar-refractivity contribution is 7.09. The number of thiazole rings is 1. The third-order valence-corrected chi connectivity index (χ3v) is 4.74. The molecule has 1 saturated carbocycles. The maximum atomic E-state index is 5.26. The molecule has 3 rings (SSSR count). The van der Waals surface area contributed by atoms with Crippen molar-refractivity contribution in [3.05, 3.63) is 52.0 Å². The molecule has 1 fully saturated rings. The molecule has 0 saturated heterocycles. The lowest BCUT2D eigenvalue weighted by atomic mass is 9.97. The molecule has 1 aliphatic rings. The fourth-order valence-electron chi connectivity index (χ4n) is 2.46. The monoisotopic (exact) mass is 275 g/mol. The zero-order valence-corrected chi connectivity index (χ0v) is 11.9. The Morgan fingerprint density at radius 3 is 2.42 bits per heavy atom. The van der Waals surface area contributed by atoms with Crippen LogP contribution in [0.25, 0.3) is 0 Å². The lowest BCUT2D eigenvalue weighted by molar-refractivity contribution is -0.108. The summed E-state index contributed by atoms with van der Waals surface area (Å²) < 4.78 is 10.5. The van der Waals surface area contributed by atoms with Crippen LogP contribution in [0, 0.1) is 0 Å². The first-order valence-electron chi connectivity index (χ1n) is 6.37. The quantitative estimate of drug-likeness (QED) is 0.782. The minimum atomic E-state index is -0.364. The summed E-state index contributed by atoms with van der Waals surface area (Å²) in [6.07, 6.45) is 1.99. The summed E-state index contributed by atoms with van der Waals surface area (Å²) in [6, 6.07) is 10.6. The van der Waals surface area contributed by atoms with Crippen LogP contribution in [0.15, 0.2) is 35.7 Å². The van der Waals surface area contributed by atoms with Crippen LogP contribution in [0.2, 0.25) is 0 Å². The molecule has 100 valence electrons. The van der Waals surface area contributed by atoms with E-state index < -0.39 is 0 Å². The van der Waals surface area contributed by atoms with E-state index in [1.165, 1.54) is 23.4 Å². The Morgan fingerprint density at radius 2 is 1.84 bits per heavy atom. The van der Waals surface area contributed by atoms with Crippen molar-refractivity contribution < 1.29 is 9.47 Å². The Hall–Kier alpha value is -1.23. The van der Waals surface area contributed by atoms with Gasteiger partial charge < -0.3 is 9.47 Å². The summed E-state index contributed by atoms with van der Waals surface area (Å²) in [5, 5.41) is 3.21. The standard InChI is InChI=1S/C15H17NO2S/c1-17-13(18-2)12-10-19-14(16-12)15(8-9-15)11-6-4-3-5-7-11/h3-7,10,13H,8-9H2,1-2H3. The van der Waals surface area contributed by atoms with Crippen LogP contribution in [0.1, 0.15) is 35.4 Å². The second-order valence-electron chi connectivity index (χ2n) is 4.83. The van der Waals surface area contributed by atoms with Crippen molar-refractivity contribution >= 4 is 11.3 Å². The third-order valence-electron chi connectivity index (χ3n) is 3.68. The van der Waals surface area contributed by atoms with Crippen LogP contribution in [0.4, 0.5) is 0 Å². The lowest BCUT2D eigenvalue weighted by Gasteiger charge is -2.13. The number of hydrogen-bond donors (Lipinski definition) is 0. The van der Waals surface area contributed by atoms with Crippen molar-refractivity contribution in [3.8, 4) is 0 Å². The SMILES string of the molecule is COC(OC)c1csc(C2(c3ccccc3)CC2)n1. The summed E-state index contributed by atoms with van der Waals surface area (Å²) in [5.74, 6) is 0. The van der Waals surface area contributed by atoms with E-state index in [2.05, 4.69) is 30.3 Å². The molecule has 3 nitrogen and oxygen atoms in total. The summed E-state index contributed by atoms with van der Waals surface area (Å²) >= 11 is 1.70. The molecule has 0 aliphatic heterocycles. The average Bonchev–Trinajstić information content (AvgIpc) is 3.14. The van der Waals surface area contributed by atoms with Crippen molar-refractivity contribution in [1.82, 2.24) is 4.98 Å². The van der Waals surface area contributed by atoms with Crippen molar-refractivity contribution in [2.24, 2.45) is 0 Å². The third kappa shape index (κ3) is 2.20. The molecule has 0 bridgehead atoms. The number of benzene rings is 1. The minimum Gasteiger partial charge on any atom is -0.350 e. The van der Waals surface area contributed by atoms with E-state index in [1.54, 1.807) is 25.6 Å². The van der Waals surface area contributed by atoms with Gasteiger partial charge in [0, 0.05) is 25.0 Å². The molecule has 1 heterocycles. The predicted molar refractivity (Wildman–Crippen MR) is 75.3 cm³/mol. The molecule has 0 atom stereocenters. The number of aromatic nitrogens is 1. The number of nitrogens with zero attached hydrogens (tertiary/aromatic N) is 1. The summed E-state index contributed by atoms with van der Waals surface area (Å²) in [5.41, 5.74) is 2.37. The summed E-state index contributed by atoms with van der Waals surface area (Å²) in [4.78, 5) is 4.73. The predicted octanol–water partition coefficient (Wildman–Crippen LogP) is 3.51. The van der Waals surface area contributed by atoms with Gasteiger partial charge in [-0.2, -0.15) is 0 Å². The van der Waals surface area contributed by atoms with Gasteiger partial charge in [-0.1, -0.05) is 30.3 Å². The topological polar surface area (TPSA) is 31.4 Å². The number of rotatable bonds is 5. The fraction of sp³-hybridized carbons (Fsp3) is 0.400. The normalized spacial score (nSPS) is 16.8. The molecule has 0 amide bonds. The molecule has 0 radical (unpaired) electrons. The van der Waals surface area contributed by atoms with E-state index in [0.717, 1.165) is 5.69 Å². The molecule has 1 aliphatic carbocycles. The van der Waals surface area contributed by atoms with Gasteiger partial charge in [0.1, 0.15) is 10.7 Å². The molecular weight excluding hydrogens is 258 g/mol. The highest BCUT2D eigenvalue weighted by Gasteiger charge is 2.48. The fourth-order valence-corrected chi connectivity index (χ4v) is 3.56. The van der Waals surface area contributed by atoms with Crippen LogP contribution in [0.3, 0.4) is 0 Å². The molecular formula is C15H17NO2S. The molecule has 0 unspecified atom stereocenters. The van der Waals surface area contributed by atoms with E-state index in [0.29, 0.717) is 0 Å². The first-order chi connectivity index (χ1) is 9.30. The zero-order valence-electron chi connectivity index (χ0n) is 11.1.